The van der Waals surface area contributed by atoms with E-state index in [1.165, 1.54) is 24.3 Å². The molecule has 1 aliphatic heterocycles. The normalized spacial score (nSPS) is 19.2. The van der Waals surface area contributed by atoms with Crippen LogP contribution in [0.2, 0.25) is 0 Å². The smallest absolute Gasteiger partial charge is 0.324 e. The molecule has 0 unspecified atom stereocenters. The van der Waals surface area contributed by atoms with Crippen LogP contribution >= 0.6 is 0 Å². The second-order valence-electron chi connectivity index (χ2n) is 6.45. The Hall–Kier alpha value is -1.76. The first-order chi connectivity index (χ1) is 11.2. The number of hydrogen-bond donors (Lipinski definition) is 1. The SMILES string of the molecule is CN(C)[C@@H]1CCCN(C(=O)Nc2ccc(CC(F)(F)F)cc2)CC1. The van der Waals surface area contributed by atoms with Crippen LogP contribution in [0.3, 0.4) is 0 Å². The van der Waals surface area contributed by atoms with Crippen molar-refractivity contribution in [3.63, 3.8) is 0 Å². The number of nitrogens with zero attached hydrogens (tertiary/aromatic N) is 2. The molecule has 2 amide bonds. The molecule has 1 atom stereocenters. The molecule has 1 fully saturated rings. The fourth-order valence-electron chi connectivity index (χ4n) is 2.94. The molecule has 0 radical (unpaired) electrons. The number of hydrogen-bond acceptors (Lipinski definition) is 2. The molecule has 0 spiro atoms. The minimum absolute atomic E-state index is 0.184. The summed E-state index contributed by atoms with van der Waals surface area (Å²) in [4.78, 5) is 16.3. The van der Waals surface area contributed by atoms with E-state index in [1.807, 2.05) is 14.1 Å². The van der Waals surface area contributed by atoms with Crippen LogP contribution in [0.15, 0.2) is 24.3 Å². The fraction of sp³-hybridized carbons (Fsp3) is 0.588. The third-order valence-corrected chi connectivity index (χ3v) is 4.32. The number of rotatable bonds is 3. The molecule has 4 nitrogen and oxygen atoms in total. The van der Waals surface area contributed by atoms with Crippen molar-refractivity contribution in [2.24, 2.45) is 0 Å². The van der Waals surface area contributed by atoms with Crippen LogP contribution < -0.4 is 5.32 Å². The minimum Gasteiger partial charge on any atom is -0.324 e. The third kappa shape index (κ3) is 5.70. The summed E-state index contributed by atoms with van der Waals surface area (Å²) < 4.78 is 37.0. The summed E-state index contributed by atoms with van der Waals surface area (Å²) in [5.41, 5.74) is 0.698. The molecule has 7 heteroatoms. The van der Waals surface area contributed by atoms with Crippen molar-refractivity contribution in [1.82, 2.24) is 9.80 Å². The molecule has 0 aliphatic carbocycles. The van der Waals surface area contributed by atoms with Crippen molar-refractivity contribution >= 4 is 11.7 Å². The van der Waals surface area contributed by atoms with Crippen molar-refractivity contribution < 1.29 is 18.0 Å². The van der Waals surface area contributed by atoms with Gasteiger partial charge in [0, 0.05) is 24.8 Å². The maximum atomic E-state index is 12.3. The zero-order valence-corrected chi connectivity index (χ0v) is 14.1. The Balaban J connectivity index is 1.90. The third-order valence-electron chi connectivity index (χ3n) is 4.32. The van der Waals surface area contributed by atoms with E-state index in [1.54, 1.807) is 4.90 Å². The van der Waals surface area contributed by atoms with Gasteiger partial charge in [0.05, 0.1) is 6.42 Å². The molecular formula is C17H24F3N3O. The number of carbonyl (C=O) groups excluding carboxylic acids is 1. The van der Waals surface area contributed by atoms with Crippen LogP contribution in [0.1, 0.15) is 24.8 Å². The number of urea groups is 1. The van der Waals surface area contributed by atoms with E-state index in [0.717, 1.165) is 19.3 Å². The van der Waals surface area contributed by atoms with E-state index in [4.69, 9.17) is 0 Å². The largest absolute Gasteiger partial charge is 0.393 e. The highest BCUT2D eigenvalue weighted by molar-refractivity contribution is 5.89. The van der Waals surface area contributed by atoms with E-state index in [9.17, 15) is 18.0 Å². The lowest BCUT2D eigenvalue weighted by Gasteiger charge is -2.23. The van der Waals surface area contributed by atoms with Gasteiger partial charge in [-0.3, -0.25) is 0 Å². The van der Waals surface area contributed by atoms with E-state index in [2.05, 4.69) is 10.2 Å². The molecule has 1 aromatic carbocycles. The van der Waals surface area contributed by atoms with Gasteiger partial charge in [-0.25, -0.2) is 4.79 Å². The van der Waals surface area contributed by atoms with Crippen molar-refractivity contribution in [3.05, 3.63) is 29.8 Å². The van der Waals surface area contributed by atoms with Crippen LogP contribution in [0.25, 0.3) is 0 Å². The van der Waals surface area contributed by atoms with Crippen molar-refractivity contribution in [1.29, 1.82) is 0 Å². The zero-order valence-electron chi connectivity index (χ0n) is 14.1. The maximum absolute atomic E-state index is 12.3. The Labute approximate surface area is 140 Å². The lowest BCUT2D eigenvalue weighted by atomic mass is 10.1. The number of amides is 2. The number of carbonyl (C=O) groups is 1. The number of nitrogens with one attached hydrogen (secondary N) is 1. The Bertz CT molecular complexity index is 543. The number of likely N-dealkylation sites (tertiary alicyclic amines) is 1. The summed E-state index contributed by atoms with van der Waals surface area (Å²) in [6.45, 7) is 1.38. The summed E-state index contributed by atoms with van der Waals surface area (Å²) in [6, 6.07) is 6.10. The van der Waals surface area contributed by atoms with E-state index in [-0.39, 0.29) is 11.6 Å². The highest BCUT2D eigenvalue weighted by Crippen LogP contribution is 2.22. The first kappa shape index (κ1) is 18.6. The lowest BCUT2D eigenvalue weighted by Crippen LogP contribution is -2.36. The molecule has 1 N–H and O–H groups in total. The minimum atomic E-state index is -4.22. The van der Waals surface area contributed by atoms with Gasteiger partial charge in [0.15, 0.2) is 0 Å². The van der Waals surface area contributed by atoms with Gasteiger partial charge < -0.3 is 15.1 Å². The van der Waals surface area contributed by atoms with Gasteiger partial charge in [-0.2, -0.15) is 13.2 Å². The quantitative estimate of drug-likeness (QED) is 0.907. The van der Waals surface area contributed by atoms with Crippen molar-refractivity contribution in [3.8, 4) is 0 Å². The molecule has 1 aromatic rings. The molecule has 1 saturated heterocycles. The maximum Gasteiger partial charge on any atom is 0.393 e. The van der Waals surface area contributed by atoms with E-state index in [0.29, 0.717) is 24.8 Å². The Morgan fingerprint density at radius 1 is 1.21 bits per heavy atom. The Kier molecular flexibility index (Phi) is 6.10. The molecule has 1 aliphatic rings. The van der Waals surface area contributed by atoms with Gasteiger partial charge in [-0.05, 0) is 51.1 Å². The average molecular weight is 343 g/mol. The Morgan fingerprint density at radius 3 is 2.46 bits per heavy atom. The summed E-state index contributed by atoms with van der Waals surface area (Å²) in [6.07, 6.45) is -2.26. The van der Waals surface area contributed by atoms with Gasteiger partial charge in [-0.15, -0.1) is 0 Å². The molecule has 1 heterocycles. The molecule has 0 saturated carbocycles. The van der Waals surface area contributed by atoms with Gasteiger partial charge in [0.2, 0.25) is 0 Å². The predicted octanol–water partition coefficient (Wildman–Crippen LogP) is 3.74. The second-order valence-corrected chi connectivity index (χ2v) is 6.45. The number of alkyl halides is 3. The fourth-order valence-corrected chi connectivity index (χ4v) is 2.94. The zero-order chi connectivity index (χ0) is 17.7. The van der Waals surface area contributed by atoms with Crippen LogP contribution in [-0.2, 0) is 6.42 Å². The molecule has 0 bridgehead atoms. The van der Waals surface area contributed by atoms with Crippen molar-refractivity contribution in [2.75, 3.05) is 32.5 Å². The topological polar surface area (TPSA) is 35.6 Å². The summed E-state index contributed by atoms with van der Waals surface area (Å²) in [5.74, 6) is 0. The van der Waals surface area contributed by atoms with Crippen LogP contribution in [0.5, 0.6) is 0 Å². The molecule has 2 rings (SSSR count). The second kappa shape index (κ2) is 7.88. The average Bonchev–Trinajstić information content (AvgIpc) is 2.74. The molecule has 24 heavy (non-hydrogen) atoms. The highest BCUT2D eigenvalue weighted by Gasteiger charge is 2.27. The van der Waals surface area contributed by atoms with Gasteiger partial charge in [0.25, 0.3) is 0 Å². The van der Waals surface area contributed by atoms with Gasteiger partial charge >= 0.3 is 12.2 Å². The number of halogens is 3. The lowest BCUT2D eigenvalue weighted by molar-refractivity contribution is -0.127. The first-order valence-corrected chi connectivity index (χ1v) is 8.12. The summed E-state index contributed by atoms with van der Waals surface area (Å²) in [5, 5.41) is 2.77. The summed E-state index contributed by atoms with van der Waals surface area (Å²) >= 11 is 0. The Morgan fingerprint density at radius 2 is 1.88 bits per heavy atom. The van der Waals surface area contributed by atoms with E-state index >= 15 is 0 Å². The van der Waals surface area contributed by atoms with Gasteiger partial charge in [0.1, 0.15) is 0 Å². The highest BCUT2D eigenvalue weighted by atomic mass is 19.4. The van der Waals surface area contributed by atoms with Crippen LogP contribution in [0.4, 0.5) is 23.7 Å². The number of benzene rings is 1. The predicted molar refractivity (Wildman–Crippen MR) is 88.1 cm³/mol. The van der Waals surface area contributed by atoms with Crippen LogP contribution in [-0.4, -0.2) is 55.2 Å². The van der Waals surface area contributed by atoms with Crippen molar-refractivity contribution in [2.45, 2.75) is 37.9 Å². The van der Waals surface area contributed by atoms with Crippen LogP contribution in [0, 0.1) is 0 Å². The van der Waals surface area contributed by atoms with E-state index < -0.39 is 12.6 Å². The number of anilines is 1. The summed E-state index contributed by atoms with van der Waals surface area (Å²) in [7, 11) is 4.09. The first-order valence-electron chi connectivity index (χ1n) is 8.12. The standard InChI is InChI=1S/C17H24F3N3O/c1-22(2)15-4-3-10-23(11-9-15)16(24)21-14-7-5-13(6-8-14)12-17(18,19)20/h5-8,15H,3-4,9-12H2,1-2H3,(H,21,24)/t15-/m1/s1. The monoisotopic (exact) mass is 343 g/mol. The molecule has 134 valence electrons. The molecular weight excluding hydrogens is 319 g/mol. The molecule has 0 aromatic heterocycles. The van der Waals surface area contributed by atoms with Gasteiger partial charge in [-0.1, -0.05) is 12.1 Å².